The fourth-order valence-corrected chi connectivity index (χ4v) is 1.95. The van der Waals surface area contributed by atoms with Gasteiger partial charge in [-0.3, -0.25) is 0 Å². The molecule has 1 rings (SSSR count). The van der Waals surface area contributed by atoms with Crippen LogP contribution in [0.25, 0.3) is 0 Å². The number of halogens is 2. The molecule has 0 saturated carbocycles. The van der Waals surface area contributed by atoms with Gasteiger partial charge in [0.2, 0.25) is 0 Å². The Kier molecular flexibility index (Phi) is 6.56. The molecule has 0 spiro atoms. The van der Waals surface area contributed by atoms with Gasteiger partial charge in [0, 0.05) is 6.07 Å². The van der Waals surface area contributed by atoms with Crippen LogP contribution < -0.4 is 4.74 Å². The Hall–Kier alpha value is -0.570. The zero-order valence-electron chi connectivity index (χ0n) is 10.5. The number of benzene rings is 1. The van der Waals surface area contributed by atoms with Crippen LogP contribution in [0.5, 0.6) is 5.75 Å². The summed E-state index contributed by atoms with van der Waals surface area (Å²) in [7, 11) is 0. The van der Waals surface area contributed by atoms with Gasteiger partial charge in [-0.15, -0.1) is 0 Å². The first-order valence-corrected chi connectivity index (χ1v) is 7.04. The summed E-state index contributed by atoms with van der Waals surface area (Å²) in [6.45, 7) is 4.23. The van der Waals surface area contributed by atoms with Crippen LogP contribution in [0.2, 0.25) is 0 Å². The van der Waals surface area contributed by atoms with Crippen molar-refractivity contribution in [3.63, 3.8) is 0 Å². The van der Waals surface area contributed by atoms with E-state index in [0.717, 1.165) is 6.42 Å². The Morgan fingerprint density at radius 2 is 2.06 bits per heavy atom. The Morgan fingerprint density at radius 3 is 2.71 bits per heavy atom. The second-order valence-electron chi connectivity index (χ2n) is 4.35. The molecule has 1 aromatic rings. The molecule has 1 atom stereocenters. The van der Waals surface area contributed by atoms with Crippen molar-refractivity contribution in [2.24, 2.45) is 0 Å². The molecule has 0 aliphatic rings. The van der Waals surface area contributed by atoms with E-state index in [1.807, 2.05) is 6.92 Å². The van der Waals surface area contributed by atoms with Gasteiger partial charge < -0.3 is 4.74 Å². The Labute approximate surface area is 111 Å². The normalized spacial score (nSPS) is 12.5. The van der Waals surface area contributed by atoms with Crippen LogP contribution >= 0.6 is 15.9 Å². The standard InChI is InChI=1S/C14H20BrFO/c1-3-4-5-6-7-11(2)17-12-8-9-13(15)14(16)10-12/h8-11H,3-7H2,1-2H3/t11-/m0/s1. The van der Waals surface area contributed by atoms with Crippen LogP contribution in [-0.2, 0) is 0 Å². The second-order valence-corrected chi connectivity index (χ2v) is 5.21. The molecule has 1 nitrogen and oxygen atoms in total. The van der Waals surface area contributed by atoms with Crippen molar-refractivity contribution in [2.75, 3.05) is 0 Å². The highest BCUT2D eigenvalue weighted by Gasteiger charge is 2.06. The molecule has 3 heteroatoms. The maximum Gasteiger partial charge on any atom is 0.141 e. The molecule has 0 aliphatic heterocycles. The minimum Gasteiger partial charge on any atom is -0.491 e. The number of hydrogen-bond acceptors (Lipinski definition) is 1. The number of hydrogen-bond donors (Lipinski definition) is 0. The van der Waals surface area contributed by atoms with E-state index in [0.29, 0.717) is 10.2 Å². The Morgan fingerprint density at radius 1 is 1.29 bits per heavy atom. The lowest BCUT2D eigenvalue weighted by molar-refractivity contribution is 0.205. The van der Waals surface area contributed by atoms with E-state index in [-0.39, 0.29) is 11.9 Å². The molecule has 0 aliphatic carbocycles. The van der Waals surface area contributed by atoms with E-state index in [1.165, 1.54) is 31.7 Å². The minimum absolute atomic E-state index is 0.146. The third-order valence-corrected chi connectivity index (χ3v) is 3.34. The number of rotatable bonds is 7. The summed E-state index contributed by atoms with van der Waals surface area (Å²) < 4.78 is 19.4. The van der Waals surface area contributed by atoms with Gasteiger partial charge in [0.25, 0.3) is 0 Å². The maximum atomic E-state index is 13.3. The molecule has 0 aromatic heterocycles. The lowest BCUT2D eigenvalue weighted by Gasteiger charge is -2.14. The van der Waals surface area contributed by atoms with E-state index < -0.39 is 0 Å². The predicted octanol–water partition coefficient (Wildman–Crippen LogP) is 5.33. The number of unbranched alkanes of at least 4 members (excludes halogenated alkanes) is 3. The van der Waals surface area contributed by atoms with E-state index >= 15 is 0 Å². The first-order valence-electron chi connectivity index (χ1n) is 6.25. The van der Waals surface area contributed by atoms with Crippen LogP contribution in [0.3, 0.4) is 0 Å². The van der Waals surface area contributed by atoms with E-state index in [2.05, 4.69) is 22.9 Å². The molecule has 0 unspecified atom stereocenters. The molecule has 0 N–H and O–H groups in total. The van der Waals surface area contributed by atoms with Crippen LogP contribution in [0.15, 0.2) is 22.7 Å². The SMILES string of the molecule is CCCCCC[C@H](C)Oc1ccc(Br)c(F)c1. The van der Waals surface area contributed by atoms with E-state index in [9.17, 15) is 4.39 Å². The van der Waals surface area contributed by atoms with Crippen molar-refractivity contribution in [2.45, 2.75) is 52.1 Å². The van der Waals surface area contributed by atoms with Crippen LogP contribution in [0.1, 0.15) is 46.0 Å². The Balaban J connectivity index is 2.34. The van der Waals surface area contributed by atoms with Gasteiger partial charge in [-0.2, -0.15) is 0 Å². The molecule has 1 aromatic carbocycles. The first kappa shape index (κ1) is 14.5. The summed E-state index contributed by atoms with van der Waals surface area (Å²) in [5, 5.41) is 0. The molecule has 0 radical (unpaired) electrons. The summed E-state index contributed by atoms with van der Waals surface area (Å²) in [6, 6.07) is 4.89. The fourth-order valence-electron chi connectivity index (χ4n) is 1.70. The average Bonchev–Trinajstić information content (AvgIpc) is 2.30. The topological polar surface area (TPSA) is 9.23 Å². The largest absolute Gasteiger partial charge is 0.491 e. The molecular weight excluding hydrogens is 283 g/mol. The van der Waals surface area contributed by atoms with Gasteiger partial charge in [0.1, 0.15) is 11.6 Å². The smallest absolute Gasteiger partial charge is 0.141 e. The second kappa shape index (κ2) is 7.70. The van der Waals surface area contributed by atoms with Crippen LogP contribution in [-0.4, -0.2) is 6.10 Å². The molecule has 17 heavy (non-hydrogen) atoms. The van der Waals surface area contributed by atoms with Gasteiger partial charge in [-0.1, -0.05) is 26.2 Å². The predicted molar refractivity (Wildman–Crippen MR) is 72.9 cm³/mol. The highest BCUT2D eigenvalue weighted by atomic mass is 79.9. The maximum absolute atomic E-state index is 13.3. The van der Waals surface area contributed by atoms with E-state index in [4.69, 9.17) is 4.74 Å². The van der Waals surface area contributed by atoms with Crippen molar-refractivity contribution in [1.82, 2.24) is 0 Å². The third-order valence-electron chi connectivity index (χ3n) is 2.69. The third kappa shape index (κ3) is 5.53. The highest BCUT2D eigenvalue weighted by Crippen LogP contribution is 2.22. The van der Waals surface area contributed by atoms with Gasteiger partial charge in [-0.05, 0) is 47.8 Å². The molecule has 0 fully saturated rings. The van der Waals surface area contributed by atoms with Crippen molar-refractivity contribution >= 4 is 15.9 Å². The fraction of sp³-hybridized carbons (Fsp3) is 0.571. The van der Waals surface area contributed by atoms with Crippen molar-refractivity contribution in [3.8, 4) is 5.75 Å². The van der Waals surface area contributed by atoms with Gasteiger partial charge in [0.05, 0.1) is 10.6 Å². The van der Waals surface area contributed by atoms with Crippen molar-refractivity contribution < 1.29 is 9.13 Å². The zero-order valence-corrected chi connectivity index (χ0v) is 12.1. The Bertz CT molecular complexity index is 341. The number of ether oxygens (including phenoxy) is 1. The van der Waals surface area contributed by atoms with Crippen LogP contribution in [0, 0.1) is 5.82 Å². The summed E-state index contributed by atoms with van der Waals surface area (Å²) in [5.74, 6) is 0.328. The summed E-state index contributed by atoms with van der Waals surface area (Å²) in [5.41, 5.74) is 0. The molecule has 0 heterocycles. The lowest BCUT2D eigenvalue weighted by Crippen LogP contribution is -2.11. The molecule has 0 amide bonds. The van der Waals surface area contributed by atoms with E-state index in [1.54, 1.807) is 12.1 Å². The quantitative estimate of drug-likeness (QED) is 0.619. The minimum atomic E-state index is -0.277. The zero-order chi connectivity index (χ0) is 12.7. The van der Waals surface area contributed by atoms with Gasteiger partial charge in [-0.25, -0.2) is 4.39 Å². The van der Waals surface area contributed by atoms with Crippen molar-refractivity contribution in [3.05, 3.63) is 28.5 Å². The summed E-state index contributed by atoms with van der Waals surface area (Å²) in [4.78, 5) is 0. The summed E-state index contributed by atoms with van der Waals surface area (Å²) in [6.07, 6.45) is 6.12. The molecular formula is C14H20BrFO. The molecule has 96 valence electrons. The van der Waals surface area contributed by atoms with Gasteiger partial charge in [0.15, 0.2) is 0 Å². The molecule has 0 bridgehead atoms. The summed E-state index contributed by atoms with van der Waals surface area (Å²) >= 11 is 3.12. The van der Waals surface area contributed by atoms with Gasteiger partial charge >= 0.3 is 0 Å². The average molecular weight is 303 g/mol. The first-order chi connectivity index (χ1) is 8.13. The highest BCUT2D eigenvalue weighted by molar-refractivity contribution is 9.10. The molecule has 0 saturated heterocycles. The van der Waals surface area contributed by atoms with Crippen LogP contribution in [0.4, 0.5) is 4.39 Å². The monoisotopic (exact) mass is 302 g/mol. The lowest BCUT2D eigenvalue weighted by atomic mass is 10.1. The van der Waals surface area contributed by atoms with Crippen molar-refractivity contribution in [1.29, 1.82) is 0 Å².